The van der Waals surface area contributed by atoms with Crippen LogP contribution >= 0.6 is 35.3 Å². The van der Waals surface area contributed by atoms with Gasteiger partial charge in [-0.2, -0.15) is 5.01 Å². The topological polar surface area (TPSA) is 78.9 Å². The van der Waals surface area contributed by atoms with Crippen molar-refractivity contribution < 1.29 is 19.4 Å². The van der Waals surface area contributed by atoms with Crippen LogP contribution < -0.4 is 10.2 Å². The summed E-state index contributed by atoms with van der Waals surface area (Å²) in [5.74, 6) is -0.489. The number of hydrogen-bond donors (Lipinski definition) is 2. The van der Waals surface area contributed by atoms with Gasteiger partial charge in [0.25, 0.3) is 11.8 Å². The summed E-state index contributed by atoms with van der Waals surface area (Å²) in [5.41, 5.74) is 3.18. The van der Waals surface area contributed by atoms with Crippen LogP contribution in [-0.4, -0.2) is 33.4 Å². The number of amides is 2. The van der Waals surface area contributed by atoms with E-state index in [1.165, 1.54) is 24.5 Å². The molecule has 1 aliphatic rings. The van der Waals surface area contributed by atoms with Gasteiger partial charge in [0.2, 0.25) is 0 Å². The van der Waals surface area contributed by atoms with Crippen molar-refractivity contribution in [3.05, 3.63) is 51.1 Å². The fourth-order valence-corrected chi connectivity index (χ4v) is 3.86. The van der Waals surface area contributed by atoms with Crippen LogP contribution in [0.15, 0.2) is 40.6 Å². The first-order chi connectivity index (χ1) is 12.0. The van der Waals surface area contributed by atoms with Crippen molar-refractivity contribution in [2.45, 2.75) is 0 Å². The highest BCUT2D eigenvalue weighted by Crippen LogP contribution is 2.33. The summed E-state index contributed by atoms with van der Waals surface area (Å²) in [7, 11) is 1.44. The van der Waals surface area contributed by atoms with Crippen LogP contribution in [0.25, 0.3) is 6.08 Å². The van der Waals surface area contributed by atoms with E-state index in [-0.39, 0.29) is 16.0 Å². The molecule has 0 aliphatic carbocycles. The smallest absolute Gasteiger partial charge is 0.285 e. The number of phenols is 1. The lowest BCUT2D eigenvalue weighted by Crippen LogP contribution is -2.44. The van der Waals surface area contributed by atoms with Crippen molar-refractivity contribution >= 4 is 57.5 Å². The quantitative estimate of drug-likeness (QED) is 0.615. The molecule has 1 aromatic carbocycles. The molecule has 2 aromatic rings. The molecule has 2 heterocycles. The van der Waals surface area contributed by atoms with Crippen molar-refractivity contribution in [2.75, 3.05) is 7.11 Å². The molecule has 1 saturated heterocycles. The van der Waals surface area contributed by atoms with Gasteiger partial charge in [-0.25, -0.2) is 0 Å². The fraction of sp³-hybridized carbons (Fsp3) is 0.0625. The second kappa shape index (κ2) is 7.26. The third-order valence-electron chi connectivity index (χ3n) is 3.25. The normalized spacial score (nSPS) is 15.7. The molecule has 128 valence electrons. The summed E-state index contributed by atoms with van der Waals surface area (Å²) in [6.07, 6.45) is 1.62. The lowest BCUT2D eigenvalue weighted by molar-refractivity contribution is -0.123. The molecule has 0 atom stereocenters. The predicted octanol–water partition coefficient (Wildman–Crippen LogP) is 3.01. The van der Waals surface area contributed by atoms with Crippen LogP contribution in [0, 0.1) is 0 Å². The minimum atomic E-state index is -0.410. The number of thioether (sulfide) groups is 1. The molecule has 6 nitrogen and oxygen atoms in total. The number of thiophene rings is 1. The molecular formula is C16H12N2O4S3. The van der Waals surface area contributed by atoms with Crippen molar-refractivity contribution in [3.8, 4) is 11.5 Å². The van der Waals surface area contributed by atoms with E-state index in [4.69, 9.17) is 17.0 Å². The number of benzene rings is 1. The maximum atomic E-state index is 12.5. The third-order valence-corrected chi connectivity index (χ3v) is 5.42. The van der Waals surface area contributed by atoms with Gasteiger partial charge in [0, 0.05) is 0 Å². The van der Waals surface area contributed by atoms with E-state index in [1.54, 1.807) is 35.7 Å². The maximum absolute atomic E-state index is 12.5. The van der Waals surface area contributed by atoms with E-state index < -0.39 is 5.91 Å². The summed E-state index contributed by atoms with van der Waals surface area (Å²) in [5, 5.41) is 12.5. The third kappa shape index (κ3) is 3.68. The highest BCUT2D eigenvalue weighted by molar-refractivity contribution is 8.26. The van der Waals surface area contributed by atoms with Gasteiger partial charge in [0.05, 0.1) is 16.9 Å². The molecule has 0 unspecified atom stereocenters. The van der Waals surface area contributed by atoms with Crippen molar-refractivity contribution in [3.63, 3.8) is 0 Å². The Morgan fingerprint density at radius 2 is 2.20 bits per heavy atom. The van der Waals surface area contributed by atoms with Crippen LogP contribution in [0.1, 0.15) is 15.2 Å². The fourth-order valence-electron chi connectivity index (χ4n) is 2.06. The second-order valence-corrected chi connectivity index (χ2v) is 7.49. The van der Waals surface area contributed by atoms with Gasteiger partial charge in [-0.1, -0.05) is 23.9 Å². The van der Waals surface area contributed by atoms with Gasteiger partial charge in [-0.05, 0) is 47.4 Å². The Balaban J connectivity index is 1.80. The molecule has 0 spiro atoms. The zero-order valence-corrected chi connectivity index (χ0v) is 15.3. The molecule has 1 aliphatic heterocycles. The lowest BCUT2D eigenvalue weighted by atomic mass is 10.2. The number of carbonyl (C=O) groups excluding carboxylic acids is 2. The Morgan fingerprint density at radius 1 is 1.40 bits per heavy atom. The molecule has 1 aromatic heterocycles. The number of methoxy groups -OCH3 is 1. The van der Waals surface area contributed by atoms with E-state index in [2.05, 4.69) is 5.43 Å². The minimum Gasteiger partial charge on any atom is -0.504 e. The van der Waals surface area contributed by atoms with Gasteiger partial charge in [0.1, 0.15) is 0 Å². The summed E-state index contributed by atoms with van der Waals surface area (Å²) < 4.78 is 5.29. The second-order valence-electron chi connectivity index (χ2n) is 4.87. The number of nitrogens with one attached hydrogen (secondary N) is 1. The molecule has 25 heavy (non-hydrogen) atoms. The molecule has 2 N–H and O–H groups in total. The molecule has 9 heteroatoms. The number of aromatic hydroxyl groups is 1. The zero-order valence-electron chi connectivity index (χ0n) is 12.9. The minimum absolute atomic E-state index is 0.00964. The molecule has 0 radical (unpaired) electrons. The zero-order chi connectivity index (χ0) is 18.0. The Hall–Kier alpha value is -2.36. The van der Waals surface area contributed by atoms with Crippen molar-refractivity contribution in [1.29, 1.82) is 0 Å². The SMILES string of the molecule is COc1cc(/C=C2\SC(=S)N(NC(=O)c3cccs3)C2=O)ccc1O. The standard InChI is InChI=1S/C16H12N2O4S3/c1-22-11-7-9(4-5-10(11)19)8-13-15(21)18(16(23)25-13)17-14(20)12-3-2-6-24-12/h2-8,19H,1H3,(H,17,20)/b13-8-. The monoisotopic (exact) mass is 392 g/mol. The maximum Gasteiger partial charge on any atom is 0.285 e. The highest BCUT2D eigenvalue weighted by atomic mass is 32.2. The molecule has 0 bridgehead atoms. The van der Waals surface area contributed by atoms with E-state index in [0.29, 0.717) is 21.1 Å². The molecule has 3 rings (SSSR count). The first kappa shape index (κ1) is 17.5. The van der Waals surface area contributed by atoms with Gasteiger partial charge < -0.3 is 9.84 Å². The Bertz CT molecular complexity index is 878. The number of phenolic OH excluding ortho intramolecular Hbond substituents is 1. The summed E-state index contributed by atoms with van der Waals surface area (Å²) >= 11 is 7.54. The number of ether oxygens (including phenoxy) is 1. The number of hydrogen-bond acceptors (Lipinski definition) is 7. The Morgan fingerprint density at radius 3 is 2.88 bits per heavy atom. The van der Waals surface area contributed by atoms with Gasteiger partial charge >= 0.3 is 0 Å². The van der Waals surface area contributed by atoms with Gasteiger partial charge in [-0.15, -0.1) is 11.3 Å². The molecule has 1 fully saturated rings. The van der Waals surface area contributed by atoms with Crippen LogP contribution in [0.2, 0.25) is 0 Å². The van der Waals surface area contributed by atoms with Crippen molar-refractivity contribution in [2.24, 2.45) is 0 Å². The predicted molar refractivity (Wildman–Crippen MR) is 101 cm³/mol. The van der Waals surface area contributed by atoms with Crippen molar-refractivity contribution in [1.82, 2.24) is 10.4 Å². The molecule has 2 amide bonds. The Kier molecular flexibility index (Phi) is 5.07. The van der Waals surface area contributed by atoms with E-state index >= 15 is 0 Å². The van der Waals surface area contributed by atoms with Crippen LogP contribution in [0.3, 0.4) is 0 Å². The summed E-state index contributed by atoms with van der Waals surface area (Å²) in [4.78, 5) is 25.5. The molecule has 0 saturated carbocycles. The number of hydrazine groups is 1. The summed E-state index contributed by atoms with van der Waals surface area (Å²) in [6, 6.07) is 8.14. The van der Waals surface area contributed by atoms with Crippen LogP contribution in [0.5, 0.6) is 11.5 Å². The van der Waals surface area contributed by atoms with E-state index in [1.807, 2.05) is 0 Å². The van der Waals surface area contributed by atoms with Gasteiger partial charge in [0.15, 0.2) is 15.8 Å². The van der Waals surface area contributed by atoms with Gasteiger partial charge in [-0.3, -0.25) is 15.0 Å². The number of thiocarbonyl (C=S) groups is 1. The average molecular weight is 392 g/mol. The lowest BCUT2D eigenvalue weighted by Gasteiger charge is -2.14. The van der Waals surface area contributed by atoms with Crippen LogP contribution in [0.4, 0.5) is 0 Å². The summed E-state index contributed by atoms with van der Waals surface area (Å²) in [6.45, 7) is 0. The first-order valence-corrected chi connectivity index (χ1v) is 9.09. The molecular weight excluding hydrogens is 380 g/mol. The number of nitrogens with zero attached hydrogens (tertiary/aromatic N) is 1. The average Bonchev–Trinajstić information content (AvgIpc) is 3.21. The Labute approximate surface area is 157 Å². The number of rotatable bonds is 4. The van der Waals surface area contributed by atoms with E-state index in [0.717, 1.165) is 16.8 Å². The van der Waals surface area contributed by atoms with E-state index in [9.17, 15) is 14.7 Å². The number of carbonyl (C=O) groups is 2. The van der Waals surface area contributed by atoms with Crippen LogP contribution in [-0.2, 0) is 4.79 Å². The largest absolute Gasteiger partial charge is 0.504 e. The first-order valence-electron chi connectivity index (χ1n) is 6.99. The highest BCUT2D eigenvalue weighted by Gasteiger charge is 2.33.